The Hall–Kier alpha value is -0.570. The molecule has 1 aliphatic heterocycles. The van der Waals surface area contributed by atoms with E-state index in [1.807, 2.05) is 25.7 Å². The summed E-state index contributed by atoms with van der Waals surface area (Å²) in [5.74, 6) is 0.267. The first-order valence-electron chi connectivity index (χ1n) is 4.93. The van der Waals surface area contributed by atoms with Crippen LogP contribution < -0.4 is 0 Å². The number of morpholine rings is 1. The molecule has 3 nitrogen and oxygen atoms in total. The topological polar surface area (TPSA) is 29.5 Å². The van der Waals surface area contributed by atoms with E-state index in [2.05, 4.69) is 0 Å². The van der Waals surface area contributed by atoms with Crippen LogP contribution in [-0.4, -0.2) is 36.1 Å². The van der Waals surface area contributed by atoms with E-state index in [9.17, 15) is 4.79 Å². The second-order valence-electron chi connectivity index (χ2n) is 4.96. The van der Waals surface area contributed by atoms with Gasteiger partial charge in [0.25, 0.3) is 0 Å². The van der Waals surface area contributed by atoms with E-state index in [1.54, 1.807) is 0 Å². The minimum Gasteiger partial charge on any atom is -0.374 e. The van der Waals surface area contributed by atoms with E-state index in [0.29, 0.717) is 18.8 Å². The van der Waals surface area contributed by atoms with Crippen LogP contribution in [0.5, 0.6) is 0 Å². The van der Waals surface area contributed by atoms with Crippen LogP contribution in [-0.2, 0) is 9.53 Å². The number of rotatable bonds is 0. The Labute approximate surface area is 79.0 Å². The van der Waals surface area contributed by atoms with Crippen LogP contribution >= 0.6 is 0 Å². The highest BCUT2D eigenvalue weighted by Crippen LogP contribution is 2.36. The third-order valence-corrected chi connectivity index (χ3v) is 2.67. The number of ether oxygens (including phenoxy) is 1. The molecule has 74 valence electrons. The van der Waals surface area contributed by atoms with Gasteiger partial charge in [-0.05, 0) is 6.42 Å². The van der Waals surface area contributed by atoms with Gasteiger partial charge in [-0.3, -0.25) is 4.79 Å². The molecule has 0 aromatic heterocycles. The van der Waals surface area contributed by atoms with Gasteiger partial charge in [0.2, 0.25) is 5.91 Å². The normalized spacial score (nSPS) is 32.7. The van der Waals surface area contributed by atoms with Crippen molar-refractivity contribution in [2.45, 2.75) is 39.3 Å². The number of fused-ring (bicyclic) bond motifs is 1. The highest BCUT2D eigenvalue weighted by Gasteiger charge is 2.49. The Bertz CT molecular complexity index is 232. The third-order valence-electron chi connectivity index (χ3n) is 2.67. The number of hydrogen-bond donors (Lipinski definition) is 0. The summed E-state index contributed by atoms with van der Waals surface area (Å²) in [6.45, 7) is 7.41. The molecular formula is C10H17NO2. The fourth-order valence-corrected chi connectivity index (χ4v) is 1.82. The molecule has 2 rings (SSSR count). The number of amides is 1. The lowest BCUT2D eigenvalue weighted by Crippen LogP contribution is -2.46. The monoisotopic (exact) mass is 183 g/mol. The molecule has 0 spiro atoms. The summed E-state index contributed by atoms with van der Waals surface area (Å²) in [6, 6.07) is 0.389. The standard InChI is InChI=1S/C10H17NO2/c1-10(2,3)9(12)11-4-5-13-8-6-7(8)11/h7-8H,4-6H2,1-3H3/t7-,8+/m1/s1. The average Bonchev–Trinajstić information content (AvgIpc) is 2.78. The second kappa shape index (κ2) is 2.71. The van der Waals surface area contributed by atoms with Gasteiger partial charge in [-0.15, -0.1) is 0 Å². The van der Waals surface area contributed by atoms with E-state index in [-0.39, 0.29) is 11.3 Å². The van der Waals surface area contributed by atoms with Crippen molar-refractivity contribution in [1.82, 2.24) is 4.90 Å². The Balaban J connectivity index is 2.04. The van der Waals surface area contributed by atoms with Gasteiger partial charge in [0.15, 0.2) is 0 Å². The van der Waals surface area contributed by atoms with Gasteiger partial charge in [0.1, 0.15) is 0 Å². The van der Waals surface area contributed by atoms with E-state index >= 15 is 0 Å². The molecule has 1 saturated carbocycles. The number of hydrogen-bond acceptors (Lipinski definition) is 2. The molecule has 1 aliphatic carbocycles. The average molecular weight is 183 g/mol. The van der Waals surface area contributed by atoms with Crippen LogP contribution in [0.3, 0.4) is 0 Å². The van der Waals surface area contributed by atoms with E-state index < -0.39 is 0 Å². The molecular weight excluding hydrogens is 166 g/mol. The van der Waals surface area contributed by atoms with Crippen molar-refractivity contribution in [3.8, 4) is 0 Å². The molecule has 1 heterocycles. The maximum atomic E-state index is 11.9. The smallest absolute Gasteiger partial charge is 0.228 e. The summed E-state index contributed by atoms with van der Waals surface area (Å²) in [5.41, 5.74) is -0.246. The minimum atomic E-state index is -0.246. The molecule has 3 heteroatoms. The molecule has 0 bridgehead atoms. The Morgan fingerprint density at radius 3 is 2.77 bits per heavy atom. The molecule has 2 aliphatic rings. The van der Waals surface area contributed by atoms with Gasteiger partial charge in [0.05, 0.1) is 18.8 Å². The zero-order valence-electron chi connectivity index (χ0n) is 8.54. The Morgan fingerprint density at radius 1 is 1.46 bits per heavy atom. The Morgan fingerprint density at radius 2 is 2.15 bits per heavy atom. The van der Waals surface area contributed by atoms with Gasteiger partial charge in [-0.1, -0.05) is 20.8 Å². The lowest BCUT2D eigenvalue weighted by Gasteiger charge is -2.32. The molecule has 13 heavy (non-hydrogen) atoms. The fourth-order valence-electron chi connectivity index (χ4n) is 1.82. The van der Waals surface area contributed by atoms with Crippen molar-refractivity contribution in [3.05, 3.63) is 0 Å². The quantitative estimate of drug-likeness (QED) is 0.561. The lowest BCUT2D eigenvalue weighted by atomic mass is 9.94. The molecule has 0 N–H and O–H groups in total. The van der Waals surface area contributed by atoms with Gasteiger partial charge < -0.3 is 9.64 Å². The summed E-state index contributed by atoms with van der Waals surface area (Å²) < 4.78 is 5.45. The van der Waals surface area contributed by atoms with Crippen LogP contribution in [0.1, 0.15) is 27.2 Å². The summed E-state index contributed by atoms with van der Waals surface area (Å²) in [5, 5.41) is 0. The molecule has 1 saturated heterocycles. The first-order chi connectivity index (χ1) is 6.00. The highest BCUT2D eigenvalue weighted by atomic mass is 16.5. The van der Waals surface area contributed by atoms with Crippen LogP contribution in [0, 0.1) is 5.41 Å². The lowest BCUT2D eigenvalue weighted by molar-refractivity contribution is -0.144. The molecule has 1 amide bonds. The SMILES string of the molecule is CC(C)(C)C(=O)N1CCO[C@H]2C[C@H]21. The highest BCUT2D eigenvalue weighted by molar-refractivity contribution is 5.82. The number of carbonyl (C=O) groups is 1. The molecule has 2 atom stereocenters. The molecule has 0 unspecified atom stereocenters. The van der Waals surface area contributed by atoms with Crippen LogP contribution in [0.4, 0.5) is 0 Å². The first-order valence-corrected chi connectivity index (χ1v) is 4.93. The summed E-state index contributed by atoms with van der Waals surface area (Å²) in [6.07, 6.45) is 1.39. The largest absolute Gasteiger partial charge is 0.374 e. The summed E-state index contributed by atoms with van der Waals surface area (Å²) in [7, 11) is 0. The van der Waals surface area contributed by atoms with E-state index in [0.717, 1.165) is 13.0 Å². The van der Waals surface area contributed by atoms with Crippen molar-refractivity contribution in [2.75, 3.05) is 13.2 Å². The maximum Gasteiger partial charge on any atom is 0.228 e. The van der Waals surface area contributed by atoms with Crippen molar-refractivity contribution in [1.29, 1.82) is 0 Å². The zero-order valence-corrected chi connectivity index (χ0v) is 8.54. The molecule has 0 radical (unpaired) electrons. The summed E-state index contributed by atoms with van der Waals surface area (Å²) >= 11 is 0. The third kappa shape index (κ3) is 1.57. The predicted molar refractivity (Wildman–Crippen MR) is 49.3 cm³/mol. The van der Waals surface area contributed by atoms with Gasteiger partial charge in [0, 0.05) is 12.0 Å². The van der Waals surface area contributed by atoms with Crippen LogP contribution in [0.15, 0.2) is 0 Å². The van der Waals surface area contributed by atoms with Crippen molar-refractivity contribution < 1.29 is 9.53 Å². The van der Waals surface area contributed by atoms with Crippen LogP contribution in [0.25, 0.3) is 0 Å². The van der Waals surface area contributed by atoms with Gasteiger partial charge >= 0.3 is 0 Å². The van der Waals surface area contributed by atoms with Crippen molar-refractivity contribution >= 4 is 5.91 Å². The zero-order chi connectivity index (χ0) is 9.64. The van der Waals surface area contributed by atoms with Gasteiger partial charge in [-0.25, -0.2) is 0 Å². The number of nitrogens with zero attached hydrogens (tertiary/aromatic N) is 1. The second-order valence-corrected chi connectivity index (χ2v) is 4.96. The van der Waals surface area contributed by atoms with E-state index in [1.165, 1.54) is 0 Å². The predicted octanol–water partition coefficient (Wildman–Crippen LogP) is 1.03. The van der Waals surface area contributed by atoms with Crippen molar-refractivity contribution in [3.63, 3.8) is 0 Å². The minimum absolute atomic E-state index is 0.246. The van der Waals surface area contributed by atoms with Crippen LogP contribution in [0.2, 0.25) is 0 Å². The molecule has 0 aromatic carbocycles. The van der Waals surface area contributed by atoms with Gasteiger partial charge in [-0.2, -0.15) is 0 Å². The Kier molecular flexibility index (Phi) is 1.88. The van der Waals surface area contributed by atoms with Crippen molar-refractivity contribution in [2.24, 2.45) is 5.41 Å². The fraction of sp³-hybridized carbons (Fsp3) is 0.900. The summed E-state index contributed by atoms with van der Waals surface area (Å²) in [4.78, 5) is 13.9. The van der Waals surface area contributed by atoms with E-state index in [4.69, 9.17) is 4.74 Å². The molecule has 0 aromatic rings. The maximum absolute atomic E-state index is 11.9. The first kappa shape index (κ1) is 9.00. The number of carbonyl (C=O) groups excluding carboxylic acids is 1. The molecule has 2 fully saturated rings.